The zero-order valence-corrected chi connectivity index (χ0v) is 20.3. The lowest BCUT2D eigenvalue weighted by Gasteiger charge is -2.34. The number of aliphatic imine (C=N–C) groups is 1. The van der Waals surface area contributed by atoms with E-state index in [0.717, 1.165) is 57.5 Å². The second-order valence-corrected chi connectivity index (χ2v) is 10.0. The molecule has 6 rings (SSSR count). The van der Waals surface area contributed by atoms with Gasteiger partial charge in [-0.25, -0.2) is 0 Å². The Hall–Kier alpha value is -3.11. The molecule has 3 atom stereocenters. The predicted molar refractivity (Wildman–Crippen MR) is 132 cm³/mol. The summed E-state index contributed by atoms with van der Waals surface area (Å²) in [5.41, 5.74) is 3.66. The summed E-state index contributed by atoms with van der Waals surface area (Å²) in [5, 5.41) is 12.8. The van der Waals surface area contributed by atoms with Crippen LogP contribution in [0.3, 0.4) is 0 Å². The molecule has 0 spiro atoms. The number of hydrogen-bond donors (Lipinski definition) is 2. The van der Waals surface area contributed by atoms with Crippen molar-refractivity contribution in [1.82, 2.24) is 20.3 Å². The molecule has 2 unspecified atom stereocenters. The molecule has 10 nitrogen and oxygen atoms in total. The second-order valence-electron chi connectivity index (χ2n) is 10.0. The number of anilines is 1. The van der Waals surface area contributed by atoms with Crippen LogP contribution in [-0.2, 0) is 11.3 Å². The molecular weight excluding hydrogens is 460 g/mol. The van der Waals surface area contributed by atoms with E-state index >= 15 is 0 Å². The number of aliphatic hydroxyl groups excluding tert-OH is 1. The lowest BCUT2D eigenvalue weighted by molar-refractivity contribution is 0.0444. The number of aliphatic hydroxyl groups is 1. The van der Waals surface area contributed by atoms with Crippen molar-refractivity contribution in [1.29, 1.82) is 0 Å². The topological polar surface area (TPSA) is 122 Å². The molecule has 3 fully saturated rings. The van der Waals surface area contributed by atoms with Gasteiger partial charge in [-0.15, -0.1) is 0 Å². The van der Waals surface area contributed by atoms with Crippen LogP contribution in [-0.4, -0.2) is 76.2 Å². The van der Waals surface area contributed by atoms with Crippen LogP contribution in [0.5, 0.6) is 6.01 Å². The number of rotatable bonds is 7. The zero-order chi connectivity index (χ0) is 24.5. The number of piperidine rings is 1. The van der Waals surface area contributed by atoms with Crippen molar-refractivity contribution < 1.29 is 19.4 Å². The van der Waals surface area contributed by atoms with Gasteiger partial charge in [-0.05, 0) is 50.7 Å². The molecule has 1 amide bonds. The summed E-state index contributed by atoms with van der Waals surface area (Å²) >= 11 is 0. The van der Waals surface area contributed by atoms with E-state index in [1.165, 1.54) is 11.3 Å². The van der Waals surface area contributed by atoms with Crippen LogP contribution in [0.4, 0.5) is 5.82 Å². The quantitative estimate of drug-likeness (QED) is 0.601. The van der Waals surface area contributed by atoms with Crippen molar-refractivity contribution in [3.05, 3.63) is 41.3 Å². The second kappa shape index (κ2) is 10.1. The molecule has 36 heavy (non-hydrogen) atoms. The smallest absolute Gasteiger partial charge is 0.319 e. The van der Waals surface area contributed by atoms with Crippen LogP contribution in [0.1, 0.15) is 60.3 Å². The monoisotopic (exact) mass is 492 g/mol. The first-order valence-electron chi connectivity index (χ1n) is 13.0. The molecule has 0 bridgehead atoms. The largest absolute Gasteiger partial charge is 0.461 e. The fourth-order valence-electron chi connectivity index (χ4n) is 5.37. The first-order valence-corrected chi connectivity index (χ1v) is 13.0. The fraction of sp³-hybridized carbons (Fsp3) is 0.577. The number of pyridine rings is 1. The van der Waals surface area contributed by atoms with Gasteiger partial charge in [0.1, 0.15) is 18.1 Å². The molecular formula is C26H32N6O4. The Morgan fingerprint density at radius 2 is 2.08 bits per heavy atom. The highest BCUT2D eigenvalue weighted by Gasteiger charge is 2.32. The number of nitrogens with one attached hydrogen (secondary N) is 1. The molecule has 2 aromatic rings. The maximum absolute atomic E-state index is 13.0. The first-order chi connectivity index (χ1) is 17.6. The number of fused-ring (bicyclic) bond motifs is 1. The molecule has 0 aromatic carbocycles. The number of aromatic nitrogens is 3. The maximum Gasteiger partial charge on any atom is 0.319 e. The number of carbonyl (C=O) groups excluding carboxylic acids is 1. The Kier molecular flexibility index (Phi) is 6.54. The van der Waals surface area contributed by atoms with Gasteiger partial charge >= 0.3 is 6.01 Å². The van der Waals surface area contributed by atoms with Crippen molar-refractivity contribution >= 4 is 17.4 Å². The van der Waals surface area contributed by atoms with E-state index in [9.17, 15) is 9.90 Å². The van der Waals surface area contributed by atoms with E-state index in [1.807, 2.05) is 12.3 Å². The van der Waals surface area contributed by atoms with Crippen molar-refractivity contribution in [3.8, 4) is 6.01 Å². The molecule has 3 aliphatic heterocycles. The summed E-state index contributed by atoms with van der Waals surface area (Å²) in [6.45, 7) is 3.36. The maximum atomic E-state index is 13.0. The Balaban J connectivity index is 1.16. The molecule has 4 aliphatic rings. The summed E-state index contributed by atoms with van der Waals surface area (Å²) in [4.78, 5) is 33.4. The summed E-state index contributed by atoms with van der Waals surface area (Å²) in [6, 6.07) is 5.78. The third-order valence-corrected chi connectivity index (χ3v) is 7.67. The minimum Gasteiger partial charge on any atom is -0.461 e. The van der Waals surface area contributed by atoms with E-state index in [1.54, 1.807) is 6.07 Å². The van der Waals surface area contributed by atoms with Crippen LogP contribution in [0, 0.1) is 5.92 Å². The van der Waals surface area contributed by atoms with Gasteiger partial charge in [0.05, 0.1) is 30.5 Å². The first kappa shape index (κ1) is 23.3. The fourth-order valence-corrected chi connectivity index (χ4v) is 5.37. The SMILES string of the molecule is O=C(NC1CCC1O)c1cc(N2CCC(C3=NCc4ncccc43)CC2)nc(OC[C@H]2CCCO2)n1. The van der Waals surface area contributed by atoms with Gasteiger partial charge in [0, 0.05) is 49.2 Å². The standard InChI is InChI=1S/C26H32N6O4/c33-22-6-5-19(22)29-25(34)20-13-23(31-26(30-20)36-15-17-3-2-12-35-17)32-10-7-16(8-11-32)24-18-4-1-9-27-21(18)14-28-24/h1,4,9,13,16-17,19,22,33H,2-3,5-8,10-12,14-15H2,(H,29,34)/t17-,19?,22?/m1/s1. The van der Waals surface area contributed by atoms with E-state index in [0.29, 0.717) is 31.3 Å². The predicted octanol–water partition coefficient (Wildman–Crippen LogP) is 1.90. The van der Waals surface area contributed by atoms with Crippen LogP contribution in [0.25, 0.3) is 0 Å². The highest BCUT2D eigenvalue weighted by atomic mass is 16.5. The van der Waals surface area contributed by atoms with Gasteiger partial charge in [-0.2, -0.15) is 9.97 Å². The normalized spacial score (nSPS) is 25.8. The molecule has 190 valence electrons. The number of amides is 1. The number of hydrogen-bond acceptors (Lipinski definition) is 9. The van der Waals surface area contributed by atoms with Crippen molar-refractivity contribution in [2.75, 3.05) is 31.2 Å². The van der Waals surface area contributed by atoms with E-state index in [-0.39, 0.29) is 29.8 Å². The van der Waals surface area contributed by atoms with Crippen molar-refractivity contribution in [2.45, 2.75) is 63.3 Å². The lowest BCUT2D eigenvalue weighted by Crippen LogP contribution is -2.50. The third-order valence-electron chi connectivity index (χ3n) is 7.67. The number of ether oxygens (including phenoxy) is 2. The molecule has 2 saturated heterocycles. The molecule has 1 aliphatic carbocycles. The molecule has 0 radical (unpaired) electrons. The zero-order valence-electron chi connectivity index (χ0n) is 20.3. The average molecular weight is 493 g/mol. The van der Waals surface area contributed by atoms with Gasteiger partial charge in [-0.3, -0.25) is 14.8 Å². The Morgan fingerprint density at radius 3 is 2.83 bits per heavy atom. The van der Waals surface area contributed by atoms with Crippen molar-refractivity contribution in [2.24, 2.45) is 10.9 Å². The molecule has 2 aromatic heterocycles. The minimum absolute atomic E-state index is 0.0277. The lowest BCUT2D eigenvalue weighted by atomic mass is 9.88. The van der Waals surface area contributed by atoms with Crippen LogP contribution >= 0.6 is 0 Å². The van der Waals surface area contributed by atoms with Crippen LogP contribution in [0.2, 0.25) is 0 Å². The Morgan fingerprint density at radius 1 is 1.19 bits per heavy atom. The number of nitrogens with zero attached hydrogens (tertiary/aromatic N) is 5. The minimum atomic E-state index is -0.497. The molecule has 2 N–H and O–H groups in total. The van der Waals surface area contributed by atoms with E-state index in [4.69, 9.17) is 14.5 Å². The summed E-state index contributed by atoms with van der Waals surface area (Å²) < 4.78 is 11.5. The molecule has 10 heteroatoms. The van der Waals surface area contributed by atoms with Crippen LogP contribution < -0.4 is 15.0 Å². The Bertz CT molecular complexity index is 1140. The highest BCUT2D eigenvalue weighted by molar-refractivity contribution is 6.04. The highest BCUT2D eigenvalue weighted by Crippen LogP contribution is 2.30. The third kappa shape index (κ3) is 4.79. The van der Waals surface area contributed by atoms with Gasteiger partial charge in [-0.1, -0.05) is 0 Å². The van der Waals surface area contributed by atoms with Crippen molar-refractivity contribution in [3.63, 3.8) is 0 Å². The summed E-state index contributed by atoms with van der Waals surface area (Å²) in [6.07, 6.45) is 6.68. The van der Waals surface area contributed by atoms with E-state index < -0.39 is 6.10 Å². The van der Waals surface area contributed by atoms with Gasteiger partial charge in [0.2, 0.25) is 0 Å². The molecule has 5 heterocycles. The average Bonchev–Trinajstić information content (AvgIpc) is 3.60. The van der Waals surface area contributed by atoms with Crippen LogP contribution in [0.15, 0.2) is 29.4 Å². The Labute approximate surface area is 210 Å². The van der Waals surface area contributed by atoms with E-state index in [2.05, 4.69) is 31.2 Å². The van der Waals surface area contributed by atoms with Gasteiger partial charge in [0.15, 0.2) is 0 Å². The number of carbonyl (C=O) groups is 1. The molecule has 1 saturated carbocycles. The summed E-state index contributed by atoms with van der Waals surface area (Å²) in [5.74, 6) is 0.746. The van der Waals surface area contributed by atoms with Gasteiger partial charge < -0.3 is 24.8 Å². The van der Waals surface area contributed by atoms with Gasteiger partial charge in [0.25, 0.3) is 5.91 Å². The summed E-state index contributed by atoms with van der Waals surface area (Å²) in [7, 11) is 0.